The van der Waals surface area contributed by atoms with Crippen molar-refractivity contribution in [2.75, 3.05) is 0 Å². The molecule has 0 spiro atoms. The number of carbonyl (C=O) groups excluding carboxylic acids is 1. The molecule has 134 valence electrons. The number of halogens is 2. The molecule has 3 atom stereocenters. The molecule has 0 bridgehead atoms. The van der Waals surface area contributed by atoms with Gasteiger partial charge in [-0.1, -0.05) is 19.1 Å². The fraction of sp³-hybridized carbons (Fsp3) is 0.444. The van der Waals surface area contributed by atoms with E-state index in [2.05, 4.69) is 15.2 Å². The normalized spacial score (nSPS) is 20.4. The van der Waals surface area contributed by atoms with Gasteiger partial charge in [-0.2, -0.15) is 13.9 Å². The lowest BCUT2D eigenvalue weighted by Gasteiger charge is -2.18. The van der Waals surface area contributed by atoms with Gasteiger partial charge < -0.3 is 10.1 Å². The lowest BCUT2D eigenvalue weighted by molar-refractivity contribution is -0.123. The maximum absolute atomic E-state index is 12.5. The summed E-state index contributed by atoms with van der Waals surface area (Å²) in [4.78, 5) is 12.5. The fourth-order valence-electron chi connectivity index (χ4n) is 3.07. The largest absolute Gasteiger partial charge is 0.435 e. The molecule has 0 saturated heterocycles. The molecule has 2 aromatic rings. The average Bonchev–Trinajstić information content (AvgIpc) is 3.27. The van der Waals surface area contributed by atoms with Crippen molar-refractivity contribution in [1.29, 1.82) is 0 Å². The highest BCUT2D eigenvalue weighted by atomic mass is 19.3. The second-order valence-electron chi connectivity index (χ2n) is 6.31. The first-order valence-corrected chi connectivity index (χ1v) is 8.31. The minimum atomic E-state index is -2.84. The Kier molecular flexibility index (Phi) is 5.01. The summed E-state index contributed by atoms with van der Waals surface area (Å²) in [7, 11) is 1.86. The maximum atomic E-state index is 12.5. The SMILES string of the molecule is CC[C@@H](NC(=O)[C@@H]1C[C@H]1c1cnn(C)c1)c1ccc(OC(F)F)cc1. The Balaban J connectivity index is 1.59. The third kappa shape index (κ3) is 4.15. The van der Waals surface area contributed by atoms with Crippen LogP contribution in [-0.4, -0.2) is 22.3 Å². The molecule has 0 unspecified atom stereocenters. The summed E-state index contributed by atoms with van der Waals surface area (Å²) >= 11 is 0. The number of alkyl halides is 2. The fourth-order valence-corrected chi connectivity index (χ4v) is 3.07. The van der Waals surface area contributed by atoms with Crippen molar-refractivity contribution >= 4 is 5.91 Å². The third-order valence-electron chi connectivity index (χ3n) is 4.51. The number of nitrogens with one attached hydrogen (secondary N) is 1. The predicted octanol–water partition coefficient (Wildman–Crippen LogP) is 3.39. The van der Waals surface area contributed by atoms with E-state index < -0.39 is 6.61 Å². The molecular formula is C18H21F2N3O2. The molecule has 1 aliphatic rings. The summed E-state index contributed by atoms with van der Waals surface area (Å²) in [6.07, 6.45) is 5.29. The monoisotopic (exact) mass is 349 g/mol. The Morgan fingerprint density at radius 2 is 2.12 bits per heavy atom. The summed E-state index contributed by atoms with van der Waals surface area (Å²) in [5.41, 5.74) is 1.96. The molecule has 1 N–H and O–H groups in total. The topological polar surface area (TPSA) is 56.2 Å². The zero-order valence-electron chi connectivity index (χ0n) is 14.2. The Morgan fingerprint density at radius 1 is 1.40 bits per heavy atom. The Bertz CT molecular complexity index is 730. The van der Waals surface area contributed by atoms with E-state index in [1.165, 1.54) is 12.1 Å². The zero-order chi connectivity index (χ0) is 18.0. The minimum absolute atomic E-state index is 0.0219. The highest BCUT2D eigenvalue weighted by molar-refractivity contribution is 5.83. The van der Waals surface area contributed by atoms with Gasteiger partial charge >= 0.3 is 6.61 Å². The maximum Gasteiger partial charge on any atom is 0.387 e. The molecule has 25 heavy (non-hydrogen) atoms. The summed E-state index contributed by atoms with van der Waals surface area (Å²) in [6, 6.07) is 6.25. The van der Waals surface area contributed by atoms with Gasteiger partial charge in [0.05, 0.1) is 12.2 Å². The zero-order valence-corrected chi connectivity index (χ0v) is 14.2. The molecule has 5 nitrogen and oxygen atoms in total. The number of nitrogens with zero attached hydrogens (tertiary/aromatic N) is 2. The number of hydrogen-bond donors (Lipinski definition) is 1. The van der Waals surface area contributed by atoms with Gasteiger partial charge in [-0.3, -0.25) is 9.48 Å². The second kappa shape index (κ2) is 7.21. The summed E-state index contributed by atoms with van der Waals surface area (Å²) < 4.78 is 30.5. The highest BCUT2D eigenvalue weighted by Gasteiger charge is 2.45. The van der Waals surface area contributed by atoms with Crippen LogP contribution >= 0.6 is 0 Å². The van der Waals surface area contributed by atoms with Gasteiger partial charge in [0.2, 0.25) is 5.91 Å². The van der Waals surface area contributed by atoms with Gasteiger partial charge in [-0.05, 0) is 42.0 Å². The highest BCUT2D eigenvalue weighted by Crippen LogP contribution is 2.47. The predicted molar refractivity (Wildman–Crippen MR) is 88.3 cm³/mol. The van der Waals surface area contributed by atoms with Gasteiger partial charge in [0.25, 0.3) is 0 Å². The van der Waals surface area contributed by atoms with Crippen LogP contribution in [0.4, 0.5) is 8.78 Å². The van der Waals surface area contributed by atoms with Crippen molar-refractivity contribution in [3.05, 3.63) is 47.8 Å². The number of rotatable bonds is 7. The van der Waals surface area contributed by atoms with Gasteiger partial charge in [0, 0.05) is 19.2 Å². The molecule has 1 heterocycles. The van der Waals surface area contributed by atoms with Crippen molar-refractivity contribution in [2.45, 2.75) is 38.3 Å². The van der Waals surface area contributed by atoms with Crippen LogP contribution in [0.15, 0.2) is 36.7 Å². The third-order valence-corrected chi connectivity index (χ3v) is 4.51. The molecule has 0 radical (unpaired) electrons. The van der Waals surface area contributed by atoms with Gasteiger partial charge in [0.15, 0.2) is 0 Å². The van der Waals surface area contributed by atoms with Crippen LogP contribution in [0.5, 0.6) is 5.75 Å². The quantitative estimate of drug-likeness (QED) is 0.834. The van der Waals surface area contributed by atoms with Crippen LogP contribution in [0.25, 0.3) is 0 Å². The molecular weight excluding hydrogens is 328 g/mol. The molecule has 1 saturated carbocycles. The number of carbonyl (C=O) groups is 1. The molecule has 1 amide bonds. The first kappa shape index (κ1) is 17.4. The van der Waals surface area contributed by atoms with Crippen molar-refractivity contribution in [2.24, 2.45) is 13.0 Å². The van der Waals surface area contributed by atoms with E-state index in [1.54, 1.807) is 23.0 Å². The lowest BCUT2D eigenvalue weighted by atomic mass is 10.0. The standard InChI is InChI=1S/C18H21F2N3O2/c1-3-16(11-4-6-13(7-5-11)25-18(19)20)22-17(24)15-8-14(15)12-9-21-23(2)10-12/h4-7,9-10,14-16,18H,3,8H2,1-2H3,(H,22,24)/t14-,15+,16+/m0/s1. The summed E-state index contributed by atoms with van der Waals surface area (Å²) in [6.45, 7) is -0.869. The Labute approximate surface area is 145 Å². The van der Waals surface area contributed by atoms with Crippen LogP contribution in [0, 0.1) is 5.92 Å². The Hall–Kier alpha value is -2.44. The molecule has 7 heteroatoms. The van der Waals surface area contributed by atoms with Crippen LogP contribution in [-0.2, 0) is 11.8 Å². The molecule has 1 fully saturated rings. The van der Waals surface area contributed by atoms with E-state index in [0.717, 1.165) is 17.5 Å². The second-order valence-corrected chi connectivity index (χ2v) is 6.31. The van der Waals surface area contributed by atoms with Gasteiger partial charge in [0.1, 0.15) is 5.75 Å². The van der Waals surface area contributed by atoms with Crippen LogP contribution in [0.3, 0.4) is 0 Å². The van der Waals surface area contributed by atoms with Gasteiger partial charge in [-0.15, -0.1) is 0 Å². The van der Waals surface area contributed by atoms with E-state index >= 15 is 0 Å². The Morgan fingerprint density at radius 3 is 2.68 bits per heavy atom. The van der Waals surface area contributed by atoms with E-state index in [9.17, 15) is 13.6 Å². The first-order valence-electron chi connectivity index (χ1n) is 8.31. The molecule has 1 aromatic heterocycles. The van der Waals surface area contributed by atoms with E-state index in [0.29, 0.717) is 6.42 Å². The smallest absolute Gasteiger partial charge is 0.387 e. The van der Waals surface area contributed by atoms with Crippen molar-refractivity contribution < 1.29 is 18.3 Å². The number of aryl methyl sites for hydroxylation is 1. The lowest BCUT2D eigenvalue weighted by Crippen LogP contribution is -2.29. The van der Waals surface area contributed by atoms with Crippen molar-refractivity contribution in [3.63, 3.8) is 0 Å². The van der Waals surface area contributed by atoms with Crippen LogP contribution in [0.1, 0.15) is 42.9 Å². The van der Waals surface area contributed by atoms with Crippen LogP contribution in [0.2, 0.25) is 0 Å². The van der Waals surface area contributed by atoms with Gasteiger partial charge in [-0.25, -0.2) is 0 Å². The van der Waals surface area contributed by atoms with E-state index in [1.807, 2.05) is 20.2 Å². The number of ether oxygens (including phenoxy) is 1. The van der Waals surface area contributed by atoms with E-state index in [4.69, 9.17) is 0 Å². The molecule has 1 aromatic carbocycles. The minimum Gasteiger partial charge on any atom is -0.435 e. The first-order chi connectivity index (χ1) is 12.0. The summed E-state index contributed by atoms with van der Waals surface area (Å²) in [5.74, 6) is 0.333. The molecule has 1 aliphatic carbocycles. The number of aromatic nitrogens is 2. The van der Waals surface area contributed by atoms with Crippen LogP contribution < -0.4 is 10.1 Å². The molecule has 3 rings (SSSR count). The molecule has 0 aliphatic heterocycles. The number of benzene rings is 1. The van der Waals surface area contributed by atoms with E-state index in [-0.39, 0.29) is 29.5 Å². The van der Waals surface area contributed by atoms with Crippen molar-refractivity contribution in [3.8, 4) is 5.75 Å². The number of hydrogen-bond acceptors (Lipinski definition) is 3. The average molecular weight is 349 g/mol. The number of amides is 1. The van der Waals surface area contributed by atoms with Crippen molar-refractivity contribution in [1.82, 2.24) is 15.1 Å². The summed E-state index contributed by atoms with van der Waals surface area (Å²) in [5, 5.41) is 7.20.